The number of nitrogens with zero attached hydrogens (tertiary/aromatic N) is 2. The Morgan fingerprint density at radius 3 is 2.62 bits per heavy atom. The van der Waals surface area contributed by atoms with E-state index in [0.717, 1.165) is 30.5 Å². The molecule has 2 amide bonds. The van der Waals surface area contributed by atoms with E-state index in [9.17, 15) is 22.8 Å². The second-order valence-electron chi connectivity index (χ2n) is 10.0. The third-order valence-corrected chi connectivity index (χ3v) is 7.72. The van der Waals surface area contributed by atoms with Crippen molar-refractivity contribution < 1.29 is 22.8 Å². The number of aromatic nitrogens is 1. The summed E-state index contributed by atoms with van der Waals surface area (Å²) < 4.78 is 43.3. The molecule has 0 spiro atoms. The van der Waals surface area contributed by atoms with E-state index in [4.69, 9.17) is 11.6 Å². The van der Waals surface area contributed by atoms with E-state index in [1.807, 2.05) is 13.0 Å². The number of anilines is 1. The molecule has 2 bridgehead atoms. The molecule has 3 aromatic rings. The average Bonchev–Trinajstić information content (AvgIpc) is 2.91. The third kappa shape index (κ3) is 5.57. The Labute approximate surface area is 229 Å². The van der Waals surface area contributed by atoms with E-state index in [1.165, 1.54) is 18.2 Å². The van der Waals surface area contributed by atoms with Crippen molar-refractivity contribution in [3.63, 3.8) is 0 Å². The van der Waals surface area contributed by atoms with Gasteiger partial charge in [0.15, 0.2) is 5.82 Å². The lowest BCUT2D eigenvalue weighted by atomic mass is 9.94. The number of hydrogen-bond donors (Lipinski definition) is 1. The number of benzene rings is 2. The SMILES string of the molecule is C[C@@H]1CCCC[C@H](N2CCC(c3c(F)ccc(Cl)c3F)=CC2=O)c2cc(ccn2)-c2ccc(F)cc2NC1=O. The molecule has 2 aromatic carbocycles. The van der Waals surface area contributed by atoms with Crippen LogP contribution in [0, 0.1) is 23.4 Å². The maximum atomic E-state index is 14.7. The van der Waals surface area contributed by atoms with Crippen molar-refractivity contribution in [2.75, 3.05) is 11.9 Å². The van der Waals surface area contributed by atoms with Crippen molar-refractivity contribution in [1.29, 1.82) is 0 Å². The molecule has 0 fully saturated rings. The van der Waals surface area contributed by atoms with Gasteiger partial charge in [-0.2, -0.15) is 0 Å². The minimum atomic E-state index is -0.881. The number of hydrogen-bond acceptors (Lipinski definition) is 3. The summed E-state index contributed by atoms with van der Waals surface area (Å²) in [6, 6.07) is 9.70. The minimum Gasteiger partial charge on any atom is -0.330 e. The first-order chi connectivity index (χ1) is 18.7. The number of nitrogens with one attached hydrogen (secondary N) is 1. The average molecular weight is 554 g/mol. The molecule has 2 aliphatic heterocycles. The summed E-state index contributed by atoms with van der Waals surface area (Å²) in [6.07, 6.45) is 5.83. The second-order valence-corrected chi connectivity index (χ2v) is 10.4. The molecule has 1 N–H and O–H groups in total. The number of halogens is 4. The lowest BCUT2D eigenvalue weighted by molar-refractivity contribution is -0.129. The van der Waals surface area contributed by atoms with Crippen molar-refractivity contribution in [3.8, 4) is 11.1 Å². The van der Waals surface area contributed by atoms with Crippen LogP contribution in [-0.2, 0) is 9.59 Å². The molecular formula is C30H27ClF3N3O2. The van der Waals surface area contributed by atoms with Crippen LogP contribution in [0.5, 0.6) is 0 Å². The Hall–Kier alpha value is -3.65. The van der Waals surface area contributed by atoms with E-state index >= 15 is 0 Å². The molecule has 2 aliphatic rings. The van der Waals surface area contributed by atoms with Crippen LogP contribution in [0.2, 0.25) is 5.02 Å². The molecule has 39 heavy (non-hydrogen) atoms. The zero-order valence-corrected chi connectivity index (χ0v) is 22.1. The summed E-state index contributed by atoms with van der Waals surface area (Å²) in [5, 5.41) is 2.66. The van der Waals surface area contributed by atoms with Crippen LogP contribution in [0.4, 0.5) is 18.9 Å². The molecule has 0 radical (unpaired) electrons. The van der Waals surface area contributed by atoms with Crippen LogP contribution in [-0.4, -0.2) is 28.2 Å². The van der Waals surface area contributed by atoms with Crippen LogP contribution in [0.3, 0.4) is 0 Å². The fourth-order valence-corrected chi connectivity index (χ4v) is 5.45. The maximum Gasteiger partial charge on any atom is 0.247 e. The van der Waals surface area contributed by atoms with Gasteiger partial charge in [0.05, 0.1) is 28.0 Å². The van der Waals surface area contributed by atoms with Crippen molar-refractivity contribution in [1.82, 2.24) is 9.88 Å². The quantitative estimate of drug-likeness (QED) is 0.338. The van der Waals surface area contributed by atoms with Gasteiger partial charge in [0.25, 0.3) is 0 Å². The van der Waals surface area contributed by atoms with Crippen molar-refractivity contribution in [2.24, 2.45) is 5.92 Å². The number of fused-ring (bicyclic) bond motifs is 4. The lowest BCUT2D eigenvalue weighted by Gasteiger charge is -2.34. The van der Waals surface area contributed by atoms with Crippen LogP contribution in [0.25, 0.3) is 16.7 Å². The maximum absolute atomic E-state index is 14.7. The van der Waals surface area contributed by atoms with Gasteiger partial charge in [-0.15, -0.1) is 0 Å². The molecular weight excluding hydrogens is 527 g/mol. The normalized spacial score (nSPS) is 20.2. The molecule has 5 rings (SSSR count). The number of pyridine rings is 1. The highest BCUT2D eigenvalue weighted by Crippen LogP contribution is 2.37. The summed E-state index contributed by atoms with van der Waals surface area (Å²) in [6.45, 7) is 2.08. The molecule has 202 valence electrons. The van der Waals surface area contributed by atoms with E-state index < -0.39 is 23.5 Å². The van der Waals surface area contributed by atoms with Crippen LogP contribution in [0.15, 0.2) is 54.7 Å². The Bertz CT molecular complexity index is 1480. The van der Waals surface area contributed by atoms with E-state index in [1.54, 1.807) is 23.2 Å². The highest BCUT2D eigenvalue weighted by molar-refractivity contribution is 6.31. The van der Waals surface area contributed by atoms with E-state index in [-0.39, 0.29) is 46.9 Å². The Morgan fingerprint density at radius 1 is 1.03 bits per heavy atom. The molecule has 0 saturated heterocycles. The van der Waals surface area contributed by atoms with Crippen LogP contribution < -0.4 is 5.32 Å². The van der Waals surface area contributed by atoms with E-state index in [0.29, 0.717) is 29.8 Å². The van der Waals surface area contributed by atoms with Gasteiger partial charge in [-0.1, -0.05) is 31.4 Å². The Kier molecular flexibility index (Phi) is 7.75. The molecule has 1 aromatic heterocycles. The third-order valence-electron chi connectivity index (χ3n) is 7.43. The van der Waals surface area contributed by atoms with E-state index in [2.05, 4.69) is 10.3 Å². The summed E-state index contributed by atoms with van der Waals surface area (Å²) in [5.41, 5.74) is 2.35. The summed E-state index contributed by atoms with van der Waals surface area (Å²) in [4.78, 5) is 32.5. The van der Waals surface area contributed by atoms with Gasteiger partial charge in [-0.05, 0) is 72.9 Å². The van der Waals surface area contributed by atoms with Gasteiger partial charge in [0, 0.05) is 30.3 Å². The van der Waals surface area contributed by atoms with Gasteiger partial charge in [0.2, 0.25) is 11.8 Å². The largest absolute Gasteiger partial charge is 0.330 e. The number of carbonyl (C=O) groups is 2. The monoisotopic (exact) mass is 553 g/mol. The highest BCUT2D eigenvalue weighted by atomic mass is 35.5. The summed E-state index contributed by atoms with van der Waals surface area (Å²) in [5.74, 6) is -2.96. The summed E-state index contributed by atoms with van der Waals surface area (Å²) >= 11 is 5.87. The number of carbonyl (C=O) groups excluding carboxylic acids is 2. The molecule has 0 unspecified atom stereocenters. The first kappa shape index (κ1) is 26.9. The van der Waals surface area contributed by atoms with Gasteiger partial charge in [-0.25, -0.2) is 13.2 Å². The molecule has 3 heterocycles. The predicted octanol–water partition coefficient (Wildman–Crippen LogP) is 7.32. The first-order valence-electron chi connectivity index (χ1n) is 12.9. The lowest BCUT2D eigenvalue weighted by Crippen LogP contribution is -2.38. The number of amides is 2. The van der Waals surface area contributed by atoms with Gasteiger partial charge >= 0.3 is 0 Å². The molecule has 2 atom stereocenters. The van der Waals surface area contributed by atoms with Crippen molar-refractivity contribution in [2.45, 2.75) is 45.1 Å². The predicted molar refractivity (Wildman–Crippen MR) is 144 cm³/mol. The highest BCUT2D eigenvalue weighted by Gasteiger charge is 2.31. The number of rotatable bonds is 2. The standard InChI is InChI=1S/C30H27ClF3N3O2/c1-17-4-2-3-5-26(37-13-11-19(15-27(37)38)28-23(33)9-8-22(31)29(28)34)25-14-18(10-12-35-25)21-7-6-20(32)16-24(21)36-30(17)39/h6-10,12,14-17,26H,2-5,11,13H2,1H3,(H,36,39)/t17-,26+/m1/s1. The fraction of sp³-hybridized carbons (Fsp3) is 0.300. The van der Waals surface area contributed by atoms with Crippen LogP contribution >= 0.6 is 11.6 Å². The minimum absolute atomic E-state index is 0.184. The Morgan fingerprint density at radius 2 is 1.82 bits per heavy atom. The van der Waals surface area contributed by atoms with Crippen LogP contribution in [0.1, 0.15) is 56.3 Å². The van der Waals surface area contributed by atoms with Crippen molar-refractivity contribution >= 4 is 34.7 Å². The van der Waals surface area contributed by atoms with Gasteiger partial charge in [0.1, 0.15) is 11.6 Å². The fourth-order valence-electron chi connectivity index (χ4n) is 5.29. The smallest absolute Gasteiger partial charge is 0.247 e. The Balaban J connectivity index is 1.52. The molecule has 9 heteroatoms. The zero-order chi connectivity index (χ0) is 27.7. The van der Waals surface area contributed by atoms with Crippen molar-refractivity contribution in [3.05, 3.63) is 88.5 Å². The zero-order valence-electron chi connectivity index (χ0n) is 21.3. The first-order valence-corrected chi connectivity index (χ1v) is 13.3. The molecule has 0 saturated carbocycles. The second kappa shape index (κ2) is 11.2. The van der Waals surface area contributed by atoms with Gasteiger partial charge < -0.3 is 10.2 Å². The molecule has 0 aliphatic carbocycles. The summed E-state index contributed by atoms with van der Waals surface area (Å²) in [7, 11) is 0. The van der Waals surface area contributed by atoms with Gasteiger partial charge in [-0.3, -0.25) is 14.6 Å². The topological polar surface area (TPSA) is 62.3 Å². The molecule has 5 nitrogen and oxygen atoms in total.